The molecule has 1 aliphatic carbocycles. The number of aromatic amines is 1. The van der Waals surface area contributed by atoms with Gasteiger partial charge in [0, 0.05) is 11.6 Å². The smallest absolute Gasteiger partial charge is 0.270 e. The maximum Gasteiger partial charge on any atom is 0.349 e. The van der Waals surface area contributed by atoms with E-state index in [0.29, 0.717) is 23.5 Å². The number of aromatic nitrogens is 4. The van der Waals surface area contributed by atoms with E-state index >= 15 is 0 Å². The van der Waals surface area contributed by atoms with Gasteiger partial charge in [0.2, 0.25) is 15.7 Å². The van der Waals surface area contributed by atoms with E-state index in [2.05, 4.69) is 16.1 Å². The number of fused-ring (bicyclic) bond motifs is 1. The number of aryl methyl sites for hydroxylation is 2. The van der Waals surface area contributed by atoms with Gasteiger partial charge in [0.05, 0.1) is 17.0 Å². The predicted molar refractivity (Wildman–Crippen MR) is 156 cm³/mol. The summed E-state index contributed by atoms with van der Waals surface area (Å²) in [6, 6.07) is 20.5. The predicted octanol–water partition coefficient (Wildman–Crippen LogP) is 4.21. The lowest BCUT2D eigenvalue weighted by molar-refractivity contribution is 0.588. The molecule has 0 amide bonds. The van der Waals surface area contributed by atoms with E-state index in [1.54, 1.807) is 24.4 Å². The van der Waals surface area contributed by atoms with Crippen LogP contribution in [0.25, 0.3) is 16.6 Å². The Bertz CT molecular complexity index is 2070. The first-order chi connectivity index (χ1) is 19.6. The zero-order chi connectivity index (χ0) is 28.9. The molecule has 0 aliphatic heterocycles. The maximum absolute atomic E-state index is 13.5. The van der Waals surface area contributed by atoms with Gasteiger partial charge in [-0.2, -0.15) is 9.94 Å². The number of benzene rings is 3. The van der Waals surface area contributed by atoms with Gasteiger partial charge in [-0.05, 0) is 96.7 Å². The van der Waals surface area contributed by atoms with Crippen molar-refractivity contribution in [1.29, 1.82) is 5.26 Å². The molecular formula is C31H27N5O4S. The Labute approximate surface area is 236 Å². The average Bonchev–Trinajstić information content (AvgIpc) is 3.70. The van der Waals surface area contributed by atoms with Crippen LogP contribution in [0.3, 0.4) is 0 Å². The van der Waals surface area contributed by atoms with E-state index in [-0.39, 0.29) is 11.4 Å². The molecule has 206 valence electrons. The Morgan fingerprint density at radius 2 is 1.71 bits per heavy atom. The van der Waals surface area contributed by atoms with Crippen LogP contribution in [-0.2, 0) is 22.2 Å². The van der Waals surface area contributed by atoms with Crippen LogP contribution in [-0.4, -0.2) is 27.2 Å². The highest BCUT2D eigenvalue weighted by molar-refractivity contribution is 7.89. The van der Waals surface area contributed by atoms with Crippen molar-refractivity contribution >= 4 is 20.9 Å². The van der Waals surface area contributed by atoms with Crippen molar-refractivity contribution in [2.45, 2.75) is 44.8 Å². The molecule has 0 unspecified atom stereocenters. The molecule has 1 N–H and O–H groups in total. The third-order valence-corrected chi connectivity index (χ3v) is 9.21. The first-order valence-electron chi connectivity index (χ1n) is 13.3. The molecule has 2 heterocycles. The molecule has 0 atom stereocenters. The first-order valence-corrected chi connectivity index (χ1v) is 14.9. The standard InChI is InChI=1S/C31H27N5O4S/c1-19-12-24(36-31(38)33-30(37)28(16-32)34-36)13-20(2)25(19)14-22-8-11-29-26(15-22)27(23-9-10-23)17-35(29)41(39,40)18-21-6-4-3-5-7-21/h3-8,11-13,15,17,23H,9-10,14,18H2,1-2H3,(H,33,37,38). The Morgan fingerprint density at radius 1 is 1.00 bits per heavy atom. The van der Waals surface area contributed by atoms with Crippen molar-refractivity contribution in [2.24, 2.45) is 0 Å². The van der Waals surface area contributed by atoms with Crippen LogP contribution < -0.4 is 11.2 Å². The second kappa shape index (κ2) is 10.0. The summed E-state index contributed by atoms with van der Waals surface area (Å²) in [5, 5.41) is 14.0. The molecule has 10 heteroatoms. The third-order valence-electron chi connectivity index (χ3n) is 7.61. The normalized spacial score (nSPS) is 13.4. The number of H-pyrrole nitrogens is 1. The zero-order valence-corrected chi connectivity index (χ0v) is 23.4. The Morgan fingerprint density at radius 3 is 2.37 bits per heavy atom. The second-order valence-corrected chi connectivity index (χ2v) is 12.5. The molecule has 0 radical (unpaired) electrons. The van der Waals surface area contributed by atoms with Crippen molar-refractivity contribution in [3.63, 3.8) is 0 Å². The minimum atomic E-state index is -3.61. The highest BCUT2D eigenvalue weighted by Gasteiger charge is 2.30. The number of hydrogen-bond acceptors (Lipinski definition) is 6. The van der Waals surface area contributed by atoms with Gasteiger partial charge in [-0.3, -0.25) is 9.78 Å². The van der Waals surface area contributed by atoms with Crippen molar-refractivity contribution in [1.82, 2.24) is 18.7 Å². The number of nitriles is 1. The topological polar surface area (TPSA) is 131 Å². The van der Waals surface area contributed by atoms with Crippen molar-refractivity contribution in [3.8, 4) is 11.8 Å². The number of hydrogen-bond donors (Lipinski definition) is 1. The minimum absolute atomic E-state index is 0.0721. The van der Waals surface area contributed by atoms with E-state index in [1.165, 1.54) is 3.97 Å². The van der Waals surface area contributed by atoms with Crippen LogP contribution in [0.5, 0.6) is 0 Å². The molecule has 1 fully saturated rings. The van der Waals surface area contributed by atoms with Crippen LogP contribution in [0.2, 0.25) is 0 Å². The van der Waals surface area contributed by atoms with Crippen molar-refractivity contribution in [2.75, 3.05) is 0 Å². The maximum atomic E-state index is 13.5. The third kappa shape index (κ3) is 5.00. The van der Waals surface area contributed by atoms with Gasteiger partial charge in [0.25, 0.3) is 5.56 Å². The molecule has 6 rings (SSSR count). The number of nitrogens with one attached hydrogen (secondary N) is 1. The molecule has 0 spiro atoms. The summed E-state index contributed by atoms with van der Waals surface area (Å²) in [6.45, 7) is 3.88. The van der Waals surface area contributed by atoms with Gasteiger partial charge >= 0.3 is 5.69 Å². The molecule has 1 aliphatic rings. The molecule has 0 bridgehead atoms. The van der Waals surface area contributed by atoms with E-state index in [0.717, 1.165) is 56.3 Å². The van der Waals surface area contributed by atoms with Gasteiger partial charge in [-0.15, -0.1) is 5.10 Å². The van der Waals surface area contributed by atoms with Crippen LogP contribution in [0.4, 0.5) is 0 Å². The summed E-state index contributed by atoms with van der Waals surface area (Å²) < 4.78 is 29.4. The van der Waals surface area contributed by atoms with Crippen LogP contribution in [0.1, 0.15) is 57.8 Å². The summed E-state index contributed by atoms with van der Waals surface area (Å²) in [6.07, 6.45) is 4.51. The Hall–Kier alpha value is -4.75. The van der Waals surface area contributed by atoms with Crippen LogP contribution >= 0.6 is 0 Å². The van der Waals surface area contributed by atoms with Gasteiger partial charge in [0.1, 0.15) is 6.07 Å². The van der Waals surface area contributed by atoms with Gasteiger partial charge < -0.3 is 0 Å². The fourth-order valence-electron chi connectivity index (χ4n) is 5.41. The lowest BCUT2D eigenvalue weighted by Crippen LogP contribution is -2.33. The molecule has 2 aromatic heterocycles. The lowest BCUT2D eigenvalue weighted by Gasteiger charge is -2.14. The Kier molecular flexibility index (Phi) is 6.47. The van der Waals surface area contributed by atoms with E-state index < -0.39 is 21.3 Å². The number of nitrogens with zero attached hydrogens (tertiary/aromatic N) is 4. The molecule has 0 saturated heterocycles. The molecule has 9 nitrogen and oxygen atoms in total. The Balaban J connectivity index is 1.36. The molecule has 1 saturated carbocycles. The summed E-state index contributed by atoms with van der Waals surface area (Å²) in [5.74, 6) is 0.294. The fraction of sp³-hybridized carbons (Fsp3) is 0.226. The quantitative estimate of drug-likeness (QED) is 0.315. The first kappa shape index (κ1) is 26.5. The van der Waals surface area contributed by atoms with E-state index in [4.69, 9.17) is 5.26 Å². The minimum Gasteiger partial charge on any atom is -0.270 e. The zero-order valence-electron chi connectivity index (χ0n) is 22.6. The summed E-state index contributed by atoms with van der Waals surface area (Å²) >= 11 is 0. The van der Waals surface area contributed by atoms with Gasteiger partial charge in [-0.25, -0.2) is 17.2 Å². The second-order valence-electron chi connectivity index (χ2n) is 10.6. The van der Waals surface area contributed by atoms with Crippen LogP contribution in [0.15, 0.2) is 76.4 Å². The largest absolute Gasteiger partial charge is 0.349 e. The lowest BCUT2D eigenvalue weighted by atomic mass is 9.94. The fourth-order valence-corrected chi connectivity index (χ4v) is 6.90. The van der Waals surface area contributed by atoms with Gasteiger partial charge in [0.15, 0.2) is 0 Å². The van der Waals surface area contributed by atoms with E-state index in [1.807, 2.05) is 56.3 Å². The van der Waals surface area contributed by atoms with E-state index in [9.17, 15) is 18.0 Å². The van der Waals surface area contributed by atoms with Crippen LogP contribution in [0, 0.1) is 25.2 Å². The molecule has 5 aromatic rings. The van der Waals surface area contributed by atoms with Gasteiger partial charge in [-0.1, -0.05) is 36.4 Å². The molecular weight excluding hydrogens is 538 g/mol. The summed E-state index contributed by atoms with van der Waals surface area (Å²) in [4.78, 5) is 26.3. The highest BCUT2D eigenvalue weighted by Crippen LogP contribution is 2.44. The number of rotatable bonds is 7. The highest BCUT2D eigenvalue weighted by atomic mass is 32.2. The summed E-state index contributed by atoms with van der Waals surface area (Å²) in [7, 11) is -3.61. The van der Waals surface area contributed by atoms with Crippen molar-refractivity contribution in [3.05, 3.63) is 127 Å². The SMILES string of the molecule is Cc1cc(-n2nc(C#N)c(=O)[nH]c2=O)cc(C)c1Cc1ccc2c(c1)c(C1CC1)cn2S(=O)(=O)Cc1ccccc1. The average molecular weight is 566 g/mol. The molecule has 3 aromatic carbocycles. The van der Waals surface area contributed by atoms with Crippen molar-refractivity contribution < 1.29 is 8.42 Å². The monoisotopic (exact) mass is 565 g/mol. The molecule has 41 heavy (non-hydrogen) atoms. The summed E-state index contributed by atoms with van der Waals surface area (Å²) in [5.41, 5.74) is 4.98.